The molecule has 0 saturated carbocycles. The molecule has 0 saturated heterocycles. The number of aryl methyl sites for hydroxylation is 1. The summed E-state index contributed by atoms with van der Waals surface area (Å²) in [7, 11) is 1.31. The van der Waals surface area contributed by atoms with Gasteiger partial charge in [0.05, 0.1) is 33.9 Å². The molecule has 3 heterocycles. The Morgan fingerprint density at radius 1 is 1.21 bits per heavy atom. The second-order valence-electron chi connectivity index (χ2n) is 8.66. The lowest BCUT2D eigenvalue weighted by atomic mass is 9.95. The summed E-state index contributed by atoms with van der Waals surface area (Å²) in [6.07, 6.45) is 2.11. The van der Waals surface area contributed by atoms with E-state index in [4.69, 9.17) is 9.15 Å². The first-order valence-electron chi connectivity index (χ1n) is 11.9. The number of nitrogens with zero attached hydrogens (tertiary/aromatic N) is 3. The van der Waals surface area contributed by atoms with Crippen molar-refractivity contribution in [3.63, 3.8) is 0 Å². The minimum Gasteiger partial charge on any atom is -0.466 e. The Morgan fingerprint density at radius 3 is 2.66 bits per heavy atom. The Bertz CT molecular complexity index is 1780. The van der Waals surface area contributed by atoms with Gasteiger partial charge in [-0.3, -0.25) is 19.5 Å². The number of aromatic nitrogens is 1. The third-order valence-electron chi connectivity index (χ3n) is 6.36. The van der Waals surface area contributed by atoms with E-state index in [2.05, 4.69) is 4.99 Å². The summed E-state index contributed by atoms with van der Waals surface area (Å²) < 4.78 is 12.9. The molecule has 192 valence electrons. The van der Waals surface area contributed by atoms with E-state index in [1.165, 1.54) is 29.1 Å². The van der Waals surface area contributed by atoms with Crippen molar-refractivity contribution in [3.05, 3.63) is 119 Å². The number of esters is 1. The second-order valence-corrected chi connectivity index (χ2v) is 9.67. The van der Waals surface area contributed by atoms with Gasteiger partial charge < -0.3 is 9.15 Å². The molecule has 10 heteroatoms. The van der Waals surface area contributed by atoms with E-state index in [0.717, 1.165) is 5.56 Å². The molecule has 0 bridgehead atoms. The van der Waals surface area contributed by atoms with Gasteiger partial charge in [0.2, 0.25) is 0 Å². The molecule has 1 atom stereocenters. The quantitative estimate of drug-likeness (QED) is 0.209. The lowest BCUT2D eigenvalue weighted by Crippen LogP contribution is -2.40. The second kappa shape index (κ2) is 10.1. The van der Waals surface area contributed by atoms with Crippen molar-refractivity contribution < 1.29 is 18.9 Å². The molecule has 9 nitrogen and oxygen atoms in total. The van der Waals surface area contributed by atoms with Crippen LogP contribution in [0, 0.1) is 17.0 Å². The standard InChI is InChI=1S/C28H23N3O6S/c1-4-20-24(27(33)36-3)25(17-8-6-5-7-9-17)30-26(32)23(38-28(30)29-20)15-19-12-13-22(37-19)18-11-10-16(2)21(14-18)31(34)35/h5-15,25H,4H2,1-3H3/b23-15+/t25-/m1/s1. The van der Waals surface area contributed by atoms with Gasteiger partial charge in [0.1, 0.15) is 11.5 Å². The fraction of sp³-hybridized carbons (Fsp3) is 0.179. The number of benzene rings is 2. The maximum atomic E-state index is 13.7. The molecule has 1 aliphatic rings. The van der Waals surface area contributed by atoms with Crippen molar-refractivity contribution in [1.82, 2.24) is 4.57 Å². The number of furan rings is 1. The van der Waals surface area contributed by atoms with Crippen molar-refractivity contribution >= 4 is 29.1 Å². The molecule has 38 heavy (non-hydrogen) atoms. The van der Waals surface area contributed by atoms with Crippen LogP contribution in [0.15, 0.2) is 86.1 Å². The zero-order chi connectivity index (χ0) is 27.0. The van der Waals surface area contributed by atoms with Crippen LogP contribution in [0.5, 0.6) is 0 Å². The highest BCUT2D eigenvalue weighted by Gasteiger charge is 2.33. The smallest absolute Gasteiger partial charge is 0.338 e. The Labute approximate surface area is 220 Å². The molecule has 0 N–H and O–H groups in total. The lowest BCUT2D eigenvalue weighted by Gasteiger charge is -2.25. The summed E-state index contributed by atoms with van der Waals surface area (Å²) in [5, 5.41) is 11.3. The normalized spacial score (nSPS) is 15.2. The Kier molecular flexibility index (Phi) is 6.64. The zero-order valence-electron chi connectivity index (χ0n) is 20.8. The molecule has 0 aliphatic carbocycles. The number of fused-ring (bicyclic) bond motifs is 1. The first-order valence-corrected chi connectivity index (χ1v) is 12.7. The van der Waals surface area contributed by atoms with Gasteiger partial charge in [-0.1, -0.05) is 60.7 Å². The maximum Gasteiger partial charge on any atom is 0.338 e. The molecule has 1 aliphatic heterocycles. The third kappa shape index (κ3) is 4.39. The first kappa shape index (κ1) is 25.1. The first-order chi connectivity index (χ1) is 18.3. The molecule has 0 radical (unpaired) electrons. The van der Waals surface area contributed by atoms with Crippen molar-refractivity contribution in [2.24, 2.45) is 4.99 Å². The minimum absolute atomic E-state index is 0.00260. The van der Waals surface area contributed by atoms with E-state index >= 15 is 0 Å². The fourth-order valence-corrected chi connectivity index (χ4v) is 5.49. The molecule has 2 aromatic carbocycles. The van der Waals surface area contributed by atoms with Crippen LogP contribution < -0.4 is 14.9 Å². The number of allylic oxidation sites excluding steroid dienone is 1. The molecule has 0 amide bonds. The highest BCUT2D eigenvalue weighted by Crippen LogP contribution is 2.32. The van der Waals surface area contributed by atoms with Crippen LogP contribution in [-0.2, 0) is 9.53 Å². The van der Waals surface area contributed by atoms with Gasteiger partial charge >= 0.3 is 5.97 Å². The Morgan fingerprint density at radius 2 is 1.97 bits per heavy atom. The fourth-order valence-electron chi connectivity index (χ4n) is 4.49. The van der Waals surface area contributed by atoms with Crippen molar-refractivity contribution in [3.8, 4) is 11.3 Å². The maximum absolute atomic E-state index is 13.7. The van der Waals surface area contributed by atoms with E-state index in [9.17, 15) is 19.7 Å². The van der Waals surface area contributed by atoms with Gasteiger partial charge in [-0.15, -0.1) is 0 Å². The van der Waals surface area contributed by atoms with E-state index in [-0.39, 0.29) is 11.2 Å². The number of hydrogen-bond acceptors (Lipinski definition) is 8. The number of ether oxygens (including phenoxy) is 1. The summed E-state index contributed by atoms with van der Waals surface area (Å²) >= 11 is 1.20. The molecule has 4 aromatic rings. The van der Waals surface area contributed by atoms with Gasteiger partial charge in [0.15, 0.2) is 4.80 Å². The largest absolute Gasteiger partial charge is 0.466 e. The van der Waals surface area contributed by atoms with E-state index < -0.39 is 16.9 Å². The SMILES string of the molecule is CCC1=C(C(=O)OC)[C@@H](c2ccccc2)n2c(s/c(=C/c3ccc(-c4ccc(C)c([N+](=O)[O-])c4)o3)c2=O)=N1. The van der Waals surface area contributed by atoms with Crippen LogP contribution >= 0.6 is 11.3 Å². The topological polar surface area (TPSA) is 117 Å². The van der Waals surface area contributed by atoms with E-state index in [1.807, 2.05) is 37.3 Å². The van der Waals surface area contributed by atoms with Crippen molar-refractivity contribution in [2.75, 3.05) is 7.11 Å². The average molecular weight is 530 g/mol. The summed E-state index contributed by atoms with van der Waals surface area (Å²) in [6.45, 7) is 3.57. The van der Waals surface area contributed by atoms with Gasteiger partial charge in [-0.05, 0) is 31.0 Å². The molecule has 5 rings (SSSR count). The predicted molar refractivity (Wildman–Crippen MR) is 142 cm³/mol. The number of hydrogen-bond donors (Lipinski definition) is 0. The van der Waals surface area contributed by atoms with Gasteiger partial charge in [0.25, 0.3) is 11.2 Å². The predicted octanol–water partition coefficient (Wildman–Crippen LogP) is 4.27. The monoisotopic (exact) mass is 529 g/mol. The van der Waals surface area contributed by atoms with Crippen molar-refractivity contribution in [1.29, 1.82) is 0 Å². The minimum atomic E-state index is -0.683. The number of nitro benzene ring substituents is 1. The number of thiazole rings is 1. The Balaban J connectivity index is 1.63. The van der Waals surface area contributed by atoms with Crippen LogP contribution in [0.3, 0.4) is 0 Å². The highest BCUT2D eigenvalue weighted by molar-refractivity contribution is 7.07. The summed E-state index contributed by atoms with van der Waals surface area (Å²) in [5.74, 6) is 0.319. The Hall–Kier alpha value is -4.57. The summed E-state index contributed by atoms with van der Waals surface area (Å²) in [6, 6.07) is 16.9. The molecule has 0 spiro atoms. The van der Waals surface area contributed by atoms with E-state index in [0.29, 0.717) is 49.7 Å². The third-order valence-corrected chi connectivity index (χ3v) is 7.34. The molecular weight excluding hydrogens is 506 g/mol. The number of rotatable bonds is 6. The molecular formula is C28H23N3O6S. The van der Waals surface area contributed by atoms with Crippen LogP contribution in [-0.4, -0.2) is 22.6 Å². The van der Waals surface area contributed by atoms with Crippen LogP contribution in [0.25, 0.3) is 17.4 Å². The highest BCUT2D eigenvalue weighted by atomic mass is 32.1. The summed E-state index contributed by atoms with van der Waals surface area (Å²) in [4.78, 5) is 42.5. The number of carbonyl (C=O) groups is 1. The number of methoxy groups -OCH3 is 1. The van der Waals surface area contributed by atoms with Gasteiger partial charge in [0, 0.05) is 23.3 Å². The van der Waals surface area contributed by atoms with Crippen LogP contribution in [0.4, 0.5) is 5.69 Å². The molecule has 2 aromatic heterocycles. The number of carbonyl (C=O) groups excluding carboxylic acids is 1. The molecule has 0 unspecified atom stereocenters. The molecule has 0 fully saturated rings. The van der Waals surface area contributed by atoms with Gasteiger partial charge in [-0.2, -0.15) is 0 Å². The van der Waals surface area contributed by atoms with Crippen LogP contribution in [0.1, 0.15) is 36.3 Å². The average Bonchev–Trinajstić information content (AvgIpc) is 3.52. The van der Waals surface area contributed by atoms with E-state index in [1.54, 1.807) is 37.3 Å². The van der Waals surface area contributed by atoms with Gasteiger partial charge in [-0.25, -0.2) is 9.79 Å². The van der Waals surface area contributed by atoms with Crippen molar-refractivity contribution in [2.45, 2.75) is 26.3 Å². The van der Waals surface area contributed by atoms with Crippen LogP contribution in [0.2, 0.25) is 0 Å². The lowest BCUT2D eigenvalue weighted by molar-refractivity contribution is -0.385. The number of nitro groups is 1. The summed E-state index contributed by atoms with van der Waals surface area (Å²) in [5.41, 5.74) is 2.47. The zero-order valence-corrected chi connectivity index (χ0v) is 21.7.